The lowest BCUT2D eigenvalue weighted by Gasteiger charge is -2.53. The highest BCUT2D eigenvalue weighted by Crippen LogP contribution is 2.58. The molecule has 1 amide bonds. The molecule has 10 nitrogen and oxygen atoms in total. The molecule has 1 fully saturated rings. The molecule has 1 aromatic carbocycles. The summed E-state index contributed by atoms with van der Waals surface area (Å²) in [6.45, 7) is 1.34. The Bertz CT molecular complexity index is 1200. The summed E-state index contributed by atoms with van der Waals surface area (Å²) >= 11 is 6.28. The molecule has 33 heavy (non-hydrogen) atoms. The Kier molecular flexibility index (Phi) is 4.96. The average Bonchev–Trinajstić information content (AvgIpc) is 2.69. The van der Waals surface area contributed by atoms with E-state index >= 15 is 0 Å². The molecule has 0 saturated heterocycles. The molecule has 0 unspecified atom stereocenters. The maximum atomic E-state index is 13.7. The Balaban J connectivity index is 2.07. The highest BCUT2D eigenvalue weighted by molar-refractivity contribution is 6.32. The largest absolute Gasteiger partial charge is 0.508 e. The zero-order valence-corrected chi connectivity index (χ0v) is 18.7. The van der Waals surface area contributed by atoms with Gasteiger partial charge in [-0.05, 0) is 39.6 Å². The van der Waals surface area contributed by atoms with Gasteiger partial charge in [-0.2, -0.15) is 0 Å². The summed E-state index contributed by atoms with van der Waals surface area (Å²) in [5, 5.41) is 55.2. The number of rotatable bonds is 2. The van der Waals surface area contributed by atoms with Crippen molar-refractivity contribution in [2.24, 2.45) is 17.6 Å². The predicted octanol–water partition coefficient (Wildman–Crippen LogP) is 0.282. The van der Waals surface area contributed by atoms with Crippen molar-refractivity contribution in [3.8, 4) is 5.75 Å². The first-order valence-corrected chi connectivity index (χ1v) is 10.5. The van der Waals surface area contributed by atoms with E-state index in [0.29, 0.717) is 0 Å². The molecule has 0 aliphatic heterocycles. The molecular weight excluding hydrogens is 456 g/mol. The number of hydrogen-bond donors (Lipinski definition) is 6. The number of halogens is 1. The number of phenols is 1. The van der Waals surface area contributed by atoms with Crippen LogP contribution >= 0.6 is 11.6 Å². The maximum Gasteiger partial charge on any atom is 0.255 e. The number of nitrogens with two attached hydrogens (primary N) is 1. The van der Waals surface area contributed by atoms with Crippen molar-refractivity contribution in [2.45, 2.75) is 30.6 Å². The van der Waals surface area contributed by atoms with E-state index < -0.39 is 75.0 Å². The fourth-order valence-electron chi connectivity index (χ4n) is 5.58. The fourth-order valence-corrected chi connectivity index (χ4v) is 5.93. The quantitative estimate of drug-likeness (QED) is 0.325. The lowest BCUT2D eigenvalue weighted by molar-refractivity contribution is -0.159. The summed E-state index contributed by atoms with van der Waals surface area (Å²) in [6, 6.07) is 1.24. The zero-order chi connectivity index (χ0) is 24.8. The van der Waals surface area contributed by atoms with Crippen LogP contribution in [0.15, 0.2) is 29.0 Å². The van der Waals surface area contributed by atoms with Gasteiger partial charge in [-0.3, -0.25) is 19.3 Å². The molecule has 0 aromatic heterocycles. The molecule has 0 heterocycles. The molecule has 0 spiro atoms. The summed E-state index contributed by atoms with van der Waals surface area (Å²) < 4.78 is 0. The number of carbonyl (C=O) groups excluding carboxylic acids is 3. The van der Waals surface area contributed by atoms with Crippen LogP contribution in [0.25, 0.3) is 5.76 Å². The van der Waals surface area contributed by atoms with Crippen LogP contribution in [-0.2, 0) is 20.0 Å². The van der Waals surface area contributed by atoms with Crippen LogP contribution in [0.2, 0.25) is 5.02 Å². The number of fused-ring (bicyclic) bond motifs is 3. The molecular formula is C22H23ClN2O8. The van der Waals surface area contributed by atoms with Crippen molar-refractivity contribution in [1.82, 2.24) is 4.90 Å². The van der Waals surface area contributed by atoms with E-state index in [1.807, 2.05) is 0 Å². The monoisotopic (exact) mass is 478 g/mol. The molecule has 4 rings (SSSR count). The molecule has 1 saturated carbocycles. The van der Waals surface area contributed by atoms with Crippen molar-refractivity contribution >= 4 is 34.8 Å². The number of phenolic OH excluding ortho intramolecular Hbond substituents is 1. The minimum Gasteiger partial charge on any atom is -0.508 e. The topological polar surface area (TPSA) is 182 Å². The number of aromatic hydroxyl groups is 1. The Labute approximate surface area is 193 Å². The number of nitrogens with zero attached hydrogens (tertiary/aromatic N) is 1. The van der Waals surface area contributed by atoms with E-state index in [1.54, 1.807) is 0 Å². The second-order valence-electron chi connectivity index (χ2n) is 9.08. The van der Waals surface area contributed by atoms with Crippen LogP contribution in [-0.4, -0.2) is 73.6 Å². The van der Waals surface area contributed by atoms with E-state index in [0.717, 1.165) is 0 Å². The molecule has 1 aromatic rings. The van der Waals surface area contributed by atoms with Crippen LogP contribution < -0.4 is 5.73 Å². The third kappa shape index (κ3) is 2.75. The molecule has 7 N–H and O–H groups in total. The Morgan fingerprint density at radius 1 is 1.18 bits per heavy atom. The van der Waals surface area contributed by atoms with Crippen molar-refractivity contribution in [2.75, 3.05) is 14.1 Å². The van der Waals surface area contributed by atoms with Gasteiger partial charge in [0.05, 0.1) is 17.2 Å². The normalized spacial score (nSPS) is 33.7. The molecule has 176 valence electrons. The third-order valence-corrected chi connectivity index (χ3v) is 7.39. The van der Waals surface area contributed by atoms with Gasteiger partial charge >= 0.3 is 0 Å². The van der Waals surface area contributed by atoms with Gasteiger partial charge in [-0.1, -0.05) is 11.6 Å². The van der Waals surface area contributed by atoms with E-state index in [1.165, 1.54) is 38.1 Å². The summed E-state index contributed by atoms with van der Waals surface area (Å²) in [4.78, 5) is 40.1. The highest BCUT2D eigenvalue weighted by atomic mass is 35.5. The van der Waals surface area contributed by atoms with Crippen molar-refractivity contribution in [3.05, 3.63) is 45.2 Å². The van der Waals surface area contributed by atoms with E-state index in [-0.39, 0.29) is 22.6 Å². The number of aliphatic hydroxyl groups is 4. The van der Waals surface area contributed by atoms with Gasteiger partial charge in [0.1, 0.15) is 22.8 Å². The van der Waals surface area contributed by atoms with Gasteiger partial charge in [0.15, 0.2) is 11.4 Å². The minimum absolute atomic E-state index is 0.0187. The first-order valence-electron chi connectivity index (χ1n) is 10.1. The Morgan fingerprint density at radius 3 is 2.33 bits per heavy atom. The second kappa shape index (κ2) is 7.04. The average molecular weight is 479 g/mol. The molecule has 3 aliphatic rings. The second-order valence-corrected chi connectivity index (χ2v) is 9.48. The molecule has 11 heteroatoms. The van der Waals surface area contributed by atoms with Crippen LogP contribution in [0.3, 0.4) is 0 Å². The molecule has 5 atom stereocenters. The molecule has 0 bridgehead atoms. The maximum absolute atomic E-state index is 13.7. The number of primary amides is 1. The van der Waals surface area contributed by atoms with Crippen LogP contribution in [0.1, 0.15) is 24.5 Å². The van der Waals surface area contributed by atoms with Gasteiger partial charge in [-0.15, -0.1) is 0 Å². The number of ketones is 2. The lowest BCUT2D eigenvalue weighted by Crippen LogP contribution is -2.67. The minimum atomic E-state index is -2.78. The van der Waals surface area contributed by atoms with Gasteiger partial charge < -0.3 is 31.3 Å². The van der Waals surface area contributed by atoms with Gasteiger partial charge in [-0.25, -0.2) is 0 Å². The van der Waals surface area contributed by atoms with Gasteiger partial charge in [0, 0.05) is 28.0 Å². The predicted molar refractivity (Wildman–Crippen MR) is 115 cm³/mol. The number of Topliss-reactive ketones (excluding diaryl/α,β-unsaturated/α-hetero) is 2. The van der Waals surface area contributed by atoms with Crippen molar-refractivity contribution in [3.63, 3.8) is 0 Å². The molecule has 3 aliphatic carbocycles. The SMILES string of the molecule is CN(C)[C@@H]1C(=O)C(C(N)=O)=C(O)[C@]2(O)C(=O)C3=C(O)c4c(O)ccc(Cl)c4[C@@](C)(O)[C@@H]3C[C@H]12. The first-order chi connectivity index (χ1) is 15.2. The summed E-state index contributed by atoms with van der Waals surface area (Å²) in [5.74, 6) is -8.30. The van der Waals surface area contributed by atoms with Crippen molar-refractivity contribution < 1.29 is 39.9 Å². The number of hydrogen-bond acceptors (Lipinski definition) is 9. The number of aliphatic hydroxyl groups excluding tert-OH is 2. The molecule has 0 radical (unpaired) electrons. The zero-order valence-electron chi connectivity index (χ0n) is 18.0. The van der Waals surface area contributed by atoms with E-state index in [2.05, 4.69) is 0 Å². The van der Waals surface area contributed by atoms with E-state index in [4.69, 9.17) is 17.3 Å². The van der Waals surface area contributed by atoms with Crippen LogP contribution in [0, 0.1) is 11.8 Å². The third-order valence-electron chi connectivity index (χ3n) is 7.07. The van der Waals surface area contributed by atoms with Gasteiger partial charge in [0.25, 0.3) is 5.91 Å². The van der Waals surface area contributed by atoms with Gasteiger partial charge in [0.2, 0.25) is 5.78 Å². The smallest absolute Gasteiger partial charge is 0.255 e. The van der Waals surface area contributed by atoms with E-state index in [9.17, 15) is 39.9 Å². The Hall–Kier alpha value is -2.92. The Morgan fingerprint density at radius 2 is 1.79 bits per heavy atom. The van der Waals surface area contributed by atoms with Crippen molar-refractivity contribution in [1.29, 1.82) is 0 Å². The number of amides is 1. The summed E-state index contributed by atoms with van der Waals surface area (Å²) in [5.41, 5.74) is -1.10. The summed E-state index contributed by atoms with van der Waals surface area (Å²) in [6.07, 6.45) is -0.259. The van der Waals surface area contributed by atoms with Crippen LogP contribution in [0.5, 0.6) is 5.75 Å². The standard InChI is InChI=1S/C22H23ClN2O8/c1-21(32)7-6-8-15(25(2)3)17(28)13(20(24)31)19(30)22(8,33)18(29)11(7)16(27)12-10(26)5-4-9(23)14(12)21/h4-5,7-8,15,26-27,30,32-33H,6H2,1-3H3,(H2,24,31)/t7-,8-,15+,21+,22-/m1/s1. The first kappa shape index (κ1) is 23.2. The van der Waals surface area contributed by atoms with Crippen LogP contribution in [0.4, 0.5) is 0 Å². The number of carbonyl (C=O) groups is 3. The number of likely N-dealkylation sites (N-methyl/N-ethyl adjacent to an activating group) is 1. The fraction of sp³-hybridized carbons (Fsp3) is 0.409. The highest BCUT2D eigenvalue weighted by Gasteiger charge is 2.66. The summed E-state index contributed by atoms with van der Waals surface area (Å²) in [7, 11) is 2.97. The lowest BCUT2D eigenvalue weighted by atomic mass is 9.54. The number of benzene rings is 1.